The lowest BCUT2D eigenvalue weighted by Gasteiger charge is -2.26. The van der Waals surface area contributed by atoms with Gasteiger partial charge in [-0.1, -0.05) is 48.5 Å². The second-order valence-electron chi connectivity index (χ2n) is 10.8. The van der Waals surface area contributed by atoms with Crippen LogP contribution in [0.15, 0.2) is 97.1 Å². The van der Waals surface area contributed by atoms with Crippen LogP contribution in [0, 0.1) is 0 Å². The van der Waals surface area contributed by atoms with Gasteiger partial charge >= 0.3 is 23.9 Å². The maximum atomic E-state index is 11.3. The maximum Gasteiger partial charge on any atom is 0.335 e. The van der Waals surface area contributed by atoms with Gasteiger partial charge in [-0.3, -0.25) is 9.80 Å². The summed E-state index contributed by atoms with van der Waals surface area (Å²) in [5, 5.41) is 37.0. The minimum Gasteiger partial charge on any atom is -0.478 e. The first-order chi connectivity index (χ1) is 21.6. The molecule has 0 aliphatic carbocycles. The van der Waals surface area contributed by atoms with E-state index in [1.54, 1.807) is 97.1 Å². The summed E-state index contributed by atoms with van der Waals surface area (Å²) in [5.74, 6) is -3.97. The molecule has 0 aliphatic heterocycles. The lowest BCUT2D eigenvalue weighted by Crippen LogP contribution is -2.29. The van der Waals surface area contributed by atoms with Gasteiger partial charge in [0.1, 0.15) is 0 Å². The van der Waals surface area contributed by atoms with Gasteiger partial charge in [-0.15, -0.1) is 0 Å². The predicted molar refractivity (Wildman–Crippen MR) is 166 cm³/mol. The van der Waals surface area contributed by atoms with Crippen LogP contribution >= 0.6 is 0 Å². The van der Waals surface area contributed by atoms with Crippen LogP contribution in [-0.2, 0) is 26.2 Å². The van der Waals surface area contributed by atoms with Crippen LogP contribution in [0.1, 0.15) is 70.1 Å². The molecule has 45 heavy (non-hydrogen) atoms. The molecule has 4 aromatic carbocycles. The Morgan fingerprint density at radius 2 is 0.578 bits per heavy atom. The fourth-order valence-electron chi connectivity index (χ4n) is 4.99. The monoisotopic (exact) mass is 610 g/mol. The number of hydrogen-bond donors (Lipinski definition) is 4. The highest BCUT2D eigenvalue weighted by Gasteiger charge is 2.14. The highest BCUT2D eigenvalue weighted by atomic mass is 16.4. The molecule has 0 radical (unpaired) electrons. The Labute approximate surface area is 260 Å². The molecule has 4 N–H and O–H groups in total. The third-order valence-electron chi connectivity index (χ3n) is 7.38. The fraction of sp³-hybridized carbons (Fsp3) is 0.200. The Morgan fingerprint density at radius 3 is 0.756 bits per heavy atom. The van der Waals surface area contributed by atoms with E-state index in [-0.39, 0.29) is 22.3 Å². The van der Waals surface area contributed by atoms with E-state index >= 15 is 0 Å². The van der Waals surface area contributed by atoms with Crippen LogP contribution in [0.25, 0.3) is 0 Å². The van der Waals surface area contributed by atoms with Gasteiger partial charge in [-0.05, 0) is 77.2 Å². The van der Waals surface area contributed by atoms with Gasteiger partial charge in [0, 0.05) is 39.3 Å². The minimum atomic E-state index is -0.993. The van der Waals surface area contributed by atoms with Crippen LogP contribution in [0.5, 0.6) is 0 Å². The normalized spacial score (nSPS) is 11.1. The summed E-state index contributed by atoms with van der Waals surface area (Å²) >= 11 is 0. The molecule has 0 atom stereocenters. The van der Waals surface area contributed by atoms with Crippen molar-refractivity contribution in [2.45, 2.75) is 32.6 Å². The molecule has 0 heterocycles. The molecule has 0 amide bonds. The van der Waals surface area contributed by atoms with Gasteiger partial charge in [-0.2, -0.15) is 0 Å². The van der Waals surface area contributed by atoms with Crippen LogP contribution in [0.3, 0.4) is 0 Å². The largest absolute Gasteiger partial charge is 0.478 e. The number of hydrogen-bond acceptors (Lipinski definition) is 6. The molecule has 0 saturated heterocycles. The number of carbonyl (C=O) groups is 4. The summed E-state index contributed by atoms with van der Waals surface area (Å²) < 4.78 is 0. The van der Waals surface area contributed by atoms with Gasteiger partial charge in [0.25, 0.3) is 0 Å². The van der Waals surface area contributed by atoms with Crippen molar-refractivity contribution in [1.82, 2.24) is 9.80 Å². The molecule has 0 unspecified atom stereocenters. The number of carboxylic acid groups (broad SMARTS) is 4. The molecular formula is C35H34N2O8. The van der Waals surface area contributed by atoms with Crippen molar-refractivity contribution < 1.29 is 39.6 Å². The van der Waals surface area contributed by atoms with Crippen molar-refractivity contribution in [3.05, 3.63) is 142 Å². The molecule has 4 rings (SSSR count). The zero-order chi connectivity index (χ0) is 32.3. The van der Waals surface area contributed by atoms with E-state index in [0.717, 1.165) is 28.7 Å². The average molecular weight is 611 g/mol. The summed E-state index contributed by atoms with van der Waals surface area (Å²) in [5.41, 5.74) is 4.59. The Hall–Kier alpha value is -5.32. The molecular weight excluding hydrogens is 576 g/mol. The summed E-state index contributed by atoms with van der Waals surface area (Å²) in [6.07, 6.45) is 0.751. The molecule has 0 aromatic heterocycles. The highest BCUT2D eigenvalue weighted by molar-refractivity contribution is 5.88. The quantitative estimate of drug-likeness (QED) is 0.126. The van der Waals surface area contributed by atoms with Crippen molar-refractivity contribution in [3.8, 4) is 0 Å². The van der Waals surface area contributed by atoms with E-state index in [1.165, 1.54) is 0 Å². The first kappa shape index (κ1) is 32.6. The van der Waals surface area contributed by atoms with Crippen molar-refractivity contribution in [3.63, 3.8) is 0 Å². The van der Waals surface area contributed by atoms with Crippen molar-refractivity contribution in [2.75, 3.05) is 13.1 Å². The molecule has 4 aromatic rings. The molecule has 0 saturated carbocycles. The summed E-state index contributed by atoms with van der Waals surface area (Å²) in [4.78, 5) is 49.6. The maximum absolute atomic E-state index is 11.3. The van der Waals surface area contributed by atoms with E-state index in [0.29, 0.717) is 39.3 Å². The van der Waals surface area contributed by atoms with E-state index in [2.05, 4.69) is 9.80 Å². The van der Waals surface area contributed by atoms with Gasteiger partial charge < -0.3 is 20.4 Å². The van der Waals surface area contributed by atoms with E-state index in [1.807, 2.05) is 0 Å². The molecule has 0 spiro atoms. The van der Waals surface area contributed by atoms with E-state index < -0.39 is 23.9 Å². The van der Waals surface area contributed by atoms with Crippen LogP contribution in [0.4, 0.5) is 0 Å². The van der Waals surface area contributed by atoms with Crippen molar-refractivity contribution >= 4 is 23.9 Å². The summed E-state index contributed by atoms with van der Waals surface area (Å²) in [6.45, 7) is 3.55. The van der Waals surface area contributed by atoms with Crippen LogP contribution < -0.4 is 0 Å². The molecule has 0 aliphatic rings. The first-order valence-electron chi connectivity index (χ1n) is 14.3. The Bertz CT molecular complexity index is 1370. The average Bonchev–Trinajstić information content (AvgIpc) is 3.02. The molecule has 10 nitrogen and oxygen atoms in total. The lowest BCUT2D eigenvalue weighted by molar-refractivity contribution is 0.0686. The van der Waals surface area contributed by atoms with E-state index in [9.17, 15) is 39.6 Å². The highest BCUT2D eigenvalue weighted by Crippen LogP contribution is 2.16. The van der Waals surface area contributed by atoms with Crippen molar-refractivity contribution in [2.24, 2.45) is 0 Å². The van der Waals surface area contributed by atoms with Gasteiger partial charge in [0.05, 0.1) is 22.3 Å². The third kappa shape index (κ3) is 9.85. The second-order valence-corrected chi connectivity index (χ2v) is 10.8. The Balaban J connectivity index is 1.49. The zero-order valence-electron chi connectivity index (χ0n) is 24.5. The molecule has 10 heteroatoms. The second kappa shape index (κ2) is 15.4. The third-order valence-corrected chi connectivity index (χ3v) is 7.38. The van der Waals surface area contributed by atoms with Crippen molar-refractivity contribution in [1.29, 1.82) is 0 Å². The number of nitrogens with zero attached hydrogens (tertiary/aromatic N) is 2. The number of aromatic carboxylic acids is 4. The van der Waals surface area contributed by atoms with E-state index in [4.69, 9.17) is 0 Å². The topological polar surface area (TPSA) is 156 Å². The number of benzene rings is 4. The lowest BCUT2D eigenvalue weighted by atomic mass is 10.1. The summed E-state index contributed by atoms with van der Waals surface area (Å²) in [6, 6.07) is 26.9. The summed E-state index contributed by atoms with van der Waals surface area (Å²) in [7, 11) is 0. The van der Waals surface area contributed by atoms with Crippen LogP contribution in [-0.4, -0.2) is 67.2 Å². The zero-order valence-corrected chi connectivity index (χ0v) is 24.5. The van der Waals surface area contributed by atoms with Gasteiger partial charge in [0.2, 0.25) is 0 Å². The van der Waals surface area contributed by atoms with Gasteiger partial charge in [-0.25, -0.2) is 19.2 Å². The predicted octanol–water partition coefficient (Wildman–Crippen LogP) is 5.57. The SMILES string of the molecule is O=C(O)c1ccc(CN(CCCN(Cc2ccc(C(=O)O)cc2)Cc2ccc(C(=O)O)cc2)Cc2ccc(C(=O)O)cc2)cc1. The standard InChI is InChI=1S/C35H34N2O8/c38-32(39)28-10-2-24(3-11-28)20-36(21-25-4-12-29(13-5-25)33(40)41)18-1-19-37(22-26-6-14-30(15-7-26)34(42)43)23-27-8-16-31(17-9-27)35(44)45/h2-17H,1,18-23H2,(H,38,39)(H,40,41)(H,42,43)(H,44,45). The first-order valence-corrected chi connectivity index (χ1v) is 14.3. The van der Waals surface area contributed by atoms with Gasteiger partial charge in [0.15, 0.2) is 0 Å². The number of carboxylic acids is 4. The molecule has 232 valence electrons. The Morgan fingerprint density at radius 1 is 0.378 bits per heavy atom. The fourth-order valence-corrected chi connectivity index (χ4v) is 4.99. The number of rotatable bonds is 16. The Kier molecular flexibility index (Phi) is 11.2. The smallest absolute Gasteiger partial charge is 0.335 e. The minimum absolute atomic E-state index is 0.206. The van der Waals surface area contributed by atoms with Crippen LogP contribution in [0.2, 0.25) is 0 Å². The molecule has 0 fully saturated rings. The molecule has 0 bridgehead atoms.